The summed E-state index contributed by atoms with van der Waals surface area (Å²) in [5, 5.41) is 3.53. The molecule has 2 aliphatic rings. The average Bonchev–Trinajstić information content (AvgIpc) is 2.50. The van der Waals surface area contributed by atoms with E-state index in [-0.39, 0.29) is 17.6 Å². The van der Waals surface area contributed by atoms with Crippen molar-refractivity contribution in [2.24, 2.45) is 0 Å². The summed E-state index contributed by atoms with van der Waals surface area (Å²) < 4.78 is 37.1. The Kier molecular flexibility index (Phi) is 5.34. The van der Waals surface area contributed by atoms with Crippen molar-refractivity contribution in [3.05, 3.63) is 35.6 Å². The van der Waals surface area contributed by atoms with Gasteiger partial charge in [-0.25, -0.2) is 12.8 Å². The molecule has 4 nitrogen and oxygen atoms in total. The third-order valence-corrected chi connectivity index (χ3v) is 6.69. The highest BCUT2D eigenvalue weighted by Crippen LogP contribution is 2.18. The molecule has 3 rings (SSSR count). The van der Waals surface area contributed by atoms with Gasteiger partial charge in [0.2, 0.25) is 0 Å². The Bertz CT molecular complexity index is 627. The van der Waals surface area contributed by atoms with Crippen LogP contribution in [0.15, 0.2) is 24.3 Å². The first-order chi connectivity index (χ1) is 11.0. The van der Waals surface area contributed by atoms with Crippen LogP contribution in [0.5, 0.6) is 0 Å². The minimum absolute atomic E-state index is 0.108. The fourth-order valence-corrected chi connectivity index (χ4v) is 5.26. The summed E-state index contributed by atoms with van der Waals surface area (Å²) in [7, 11) is -2.85. The fourth-order valence-electron chi connectivity index (χ4n) is 3.61. The van der Waals surface area contributed by atoms with Gasteiger partial charge in [-0.1, -0.05) is 18.2 Å². The van der Waals surface area contributed by atoms with Crippen molar-refractivity contribution >= 4 is 9.84 Å². The number of likely N-dealkylation sites (tertiary alicyclic amines) is 1. The molecule has 0 spiro atoms. The van der Waals surface area contributed by atoms with E-state index in [9.17, 15) is 12.8 Å². The number of rotatable bonds is 4. The Labute approximate surface area is 138 Å². The molecule has 0 bridgehead atoms. The van der Waals surface area contributed by atoms with Gasteiger partial charge in [0.25, 0.3) is 0 Å². The summed E-state index contributed by atoms with van der Waals surface area (Å²) in [6.45, 7) is 2.49. The molecule has 6 heteroatoms. The van der Waals surface area contributed by atoms with E-state index in [0.717, 1.165) is 44.3 Å². The molecule has 0 aromatic heterocycles. The van der Waals surface area contributed by atoms with Gasteiger partial charge >= 0.3 is 0 Å². The van der Waals surface area contributed by atoms with Gasteiger partial charge < -0.3 is 5.32 Å². The van der Waals surface area contributed by atoms with Crippen LogP contribution in [0.25, 0.3) is 0 Å². The lowest BCUT2D eigenvalue weighted by Crippen LogP contribution is -2.49. The van der Waals surface area contributed by atoms with Gasteiger partial charge in [-0.3, -0.25) is 4.90 Å². The molecule has 128 valence electrons. The molecule has 0 aliphatic carbocycles. The molecule has 1 aromatic carbocycles. The second kappa shape index (κ2) is 7.28. The Balaban J connectivity index is 1.46. The summed E-state index contributed by atoms with van der Waals surface area (Å²) >= 11 is 0. The van der Waals surface area contributed by atoms with Gasteiger partial charge in [-0.2, -0.15) is 0 Å². The van der Waals surface area contributed by atoms with Gasteiger partial charge in [0.1, 0.15) is 5.82 Å². The van der Waals surface area contributed by atoms with E-state index in [1.807, 2.05) is 12.1 Å². The normalized spacial score (nSPS) is 26.2. The lowest BCUT2D eigenvalue weighted by molar-refractivity contribution is 0.182. The zero-order valence-electron chi connectivity index (χ0n) is 13.4. The van der Waals surface area contributed by atoms with Gasteiger partial charge in [-0.15, -0.1) is 0 Å². The van der Waals surface area contributed by atoms with E-state index < -0.39 is 9.84 Å². The van der Waals surface area contributed by atoms with Gasteiger partial charge in [0.15, 0.2) is 9.84 Å². The maximum absolute atomic E-state index is 13.7. The number of nitrogens with zero attached hydrogens (tertiary/aromatic N) is 1. The summed E-state index contributed by atoms with van der Waals surface area (Å²) in [6, 6.07) is 7.42. The molecule has 0 amide bonds. The maximum Gasteiger partial charge on any atom is 0.151 e. The van der Waals surface area contributed by atoms with E-state index in [1.165, 1.54) is 6.07 Å². The molecule has 1 N–H and O–H groups in total. The zero-order chi connectivity index (χ0) is 16.3. The zero-order valence-corrected chi connectivity index (χ0v) is 14.2. The van der Waals surface area contributed by atoms with Crippen LogP contribution in [0.3, 0.4) is 0 Å². The Hall–Kier alpha value is -0.980. The van der Waals surface area contributed by atoms with Crippen LogP contribution in [0, 0.1) is 5.82 Å². The summed E-state index contributed by atoms with van der Waals surface area (Å²) in [4.78, 5) is 2.27. The van der Waals surface area contributed by atoms with Crippen molar-refractivity contribution in [2.45, 2.75) is 44.3 Å². The van der Waals surface area contributed by atoms with E-state index in [2.05, 4.69) is 10.2 Å². The van der Waals surface area contributed by atoms with Gasteiger partial charge in [0.05, 0.1) is 11.5 Å². The van der Waals surface area contributed by atoms with Crippen LogP contribution in [-0.2, 0) is 16.4 Å². The molecule has 2 fully saturated rings. The predicted octanol–water partition coefficient (Wildman–Crippen LogP) is 1.96. The molecular weight excluding hydrogens is 315 g/mol. The highest BCUT2D eigenvalue weighted by molar-refractivity contribution is 7.91. The van der Waals surface area contributed by atoms with Crippen molar-refractivity contribution in [1.29, 1.82) is 0 Å². The van der Waals surface area contributed by atoms with Crippen LogP contribution in [0.4, 0.5) is 4.39 Å². The fraction of sp³-hybridized carbons (Fsp3) is 0.647. The topological polar surface area (TPSA) is 49.4 Å². The molecule has 1 atom stereocenters. The Morgan fingerprint density at radius 3 is 2.57 bits per heavy atom. The SMILES string of the molecule is O=S1(=O)CCC[C@@H](NC2CCN(Cc3ccccc3F)CC2)C1. The highest BCUT2D eigenvalue weighted by Gasteiger charge is 2.28. The first-order valence-corrected chi connectivity index (χ1v) is 10.3. The van der Waals surface area contributed by atoms with Crippen LogP contribution >= 0.6 is 0 Å². The molecule has 2 heterocycles. The molecular formula is C17H25FN2O2S. The van der Waals surface area contributed by atoms with Gasteiger partial charge in [-0.05, 0) is 44.8 Å². The molecule has 1 aromatic rings. The first-order valence-electron chi connectivity index (χ1n) is 8.44. The molecule has 0 radical (unpaired) electrons. The predicted molar refractivity (Wildman–Crippen MR) is 89.5 cm³/mol. The number of benzene rings is 1. The monoisotopic (exact) mass is 340 g/mol. The van der Waals surface area contributed by atoms with E-state index >= 15 is 0 Å². The van der Waals surface area contributed by atoms with Crippen molar-refractivity contribution in [3.8, 4) is 0 Å². The lowest BCUT2D eigenvalue weighted by atomic mass is 10.0. The van der Waals surface area contributed by atoms with Crippen LogP contribution in [0.1, 0.15) is 31.2 Å². The third kappa shape index (κ3) is 4.75. The minimum atomic E-state index is -2.85. The van der Waals surface area contributed by atoms with Crippen LogP contribution in [0.2, 0.25) is 0 Å². The molecule has 2 saturated heterocycles. The van der Waals surface area contributed by atoms with Crippen molar-refractivity contribution < 1.29 is 12.8 Å². The number of hydrogen-bond acceptors (Lipinski definition) is 4. The number of nitrogens with one attached hydrogen (secondary N) is 1. The highest BCUT2D eigenvalue weighted by atomic mass is 32.2. The quantitative estimate of drug-likeness (QED) is 0.910. The number of hydrogen-bond donors (Lipinski definition) is 1. The Morgan fingerprint density at radius 2 is 1.87 bits per heavy atom. The second-order valence-electron chi connectivity index (χ2n) is 6.76. The summed E-state index contributed by atoms with van der Waals surface area (Å²) in [6.07, 6.45) is 3.71. The van der Waals surface area contributed by atoms with E-state index in [0.29, 0.717) is 18.3 Å². The second-order valence-corrected chi connectivity index (χ2v) is 8.99. The first kappa shape index (κ1) is 16.9. The average molecular weight is 340 g/mol. The minimum Gasteiger partial charge on any atom is -0.310 e. The molecule has 23 heavy (non-hydrogen) atoms. The third-order valence-electron chi connectivity index (χ3n) is 4.87. The molecule has 0 unspecified atom stereocenters. The number of piperidine rings is 1. The largest absolute Gasteiger partial charge is 0.310 e. The number of sulfone groups is 1. The lowest BCUT2D eigenvalue weighted by Gasteiger charge is -2.35. The molecule has 2 aliphatic heterocycles. The molecule has 0 saturated carbocycles. The number of halogens is 1. The van der Waals surface area contributed by atoms with Crippen LogP contribution in [-0.4, -0.2) is 50.0 Å². The van der Waals surface area contributed by atoms with E-state index in [1.54, 1.807) is 6.07 Å². The smallest absolute Gasteiger partial charge is 0.151 e. The summed E-state index contributed by atoms with van der Waals surface area (Å²) in [5.41, 5.74) is 0.747. The van der Waals surface area contributed by atoms with Crippen molar-refractivity contribution in [1.82, 2.24) is 10.2 Å². The van der Waals surface area contributed by atoms with Crippen LogP contribution < -0.4 is 5.32 Å². The van der Waals surface area contributed by atoms with Crippen molar-refractivity contribution in [2.75, 3.05) is 24.6 Å². The van der Waals surface area contributed by atoms with Crippen molar-refractivity contribution in [3.63, 3.8) is 0 Å². The van der Waals surface area contributed by atoms with Gasteiger partial charge in [0, 0.05) is 24.2 Å². The summed E-state index contributed by atoms with van der Waals surface area (Å²) in [5.74, 6) is 0.481. The standard InChI is InChI=1S/C17H25FN2O2S/c18-17-6-2-1-4-14(17)12-20-9-7-15(8-10-20)19-16-5-3-11-23(21,22)13-16/h1-2,4,6,15-16,19H,3,5,7-13H2/t16-/m1/s1. The maximum atomic E-state index is 13.7. The Morgan fingerprint density at radius 1 is 1.13 bits per heavy atom. The van der Waals surface area contributed by atoms with E-state index in [4.69, 9.17) is 0 Å².